The molecule has 0 fully saturated rings. The minimum Gasteiger partial charge on any atom is -0.370 e. The first-order valence-electron chi connectivity index (χ1n) is 5.11. The zero-order chi connectivity index (χ0) is 11.1. The van der Waals surface area contributed by atoms with Gasteiger partial charge in [0.2, 0.25) is 0 Å². The molecular formula is C9H18N6. The fraction of sp³-hybridized carbons (Fsp3) is 0.667. The van der Waals surface area contributed by atoms with Crippen LogP contribution in [0.5, 0.6) is 0 Å². The SMILES string of the molecule is CCC(C)NC(N)=NCCn1cncn1. The van der Waals surface area contributed by atoms with Gasteiger partial charge in [0, 0.05) is 6.04 Å². The first kappa shape index (κ1) is 11.5. The van der Waals surface area contributed by atoms with Gasteiger partial charge in [-0.15, -0.1) is 0 Å². The van der Waals surface area contributed by atoms with Gasteiger partial charge in [-0.2, -0.15) is 5.10 Å². The van der Waals surface area contributed by atoms with E-state index in [-0.39, 0.29) is 0 Å². The zero-order valence-corrected chi connectivity index (χ0v) is 9.22. The van der Waals surface area contributed by atoms with Crippen LogP contribution in [-0.2, 0) is 6.54 Å². The summed E-state index contributed by atoms with van der Waals surface area (Å²) in [6, 6.07) is 0.361. The first-order valence-corrected chi connectivity index (χ1v) is 5.11. The maximum Gasteiger partial charge on any atom is 0.188 e. The van der Waals surface area contributed by atoms with Gasteiger partial charge >= 0.3 is 0 Å². The highest BCUT2D eigenvalue weighted by atomic mass is 15.3. The van der Waals surface area contributed by atoms with E-state index >= 15 is 0 Å². The quantitative estimate of drug-likeness (QED) is 0.528. The molecule has 1 rings (SSSR count). The van der Waals surface area contributed by atoms with E-state index in [1.807, 2.05) is 0 Å². The number of aromatic nitrogens is 3. The molecule has 15 heavy (non-hydrogen) atoms. The number of hydrogen-bond acceptors (Lipinski definition) is 3. The molecule has 0 radical (unpaired) electrons. The Labute approximate surface area is 89.6 Å². The standard InChI is InChI=1S/C9H18N6/c1-3-8(2)14-9(10)12-4-5-15-7-11-6-13-15/h6-8H,3-5H2,1-2H3,(H3,10,12,14). The Bertz CT molecular complexity index is 292. The molecule has 0 saturated heterocycles. The van der Waals surface area contributed by atoms with E-state index in [4.69, 9.17) is 5.73 Å². The third kappa shape index (κ3) is 4.44. The molecule has 0 spiro atoms. The third-order valence-corrected chi connectivity index (χ3v) is 2.08. The first-order chi connectivity index (χ1) is 7.22. The van der Waals surface area contributed by atoms with E-state index in [9.17, 15) is 0 Å². The molecule has 6 nitrogen and oxygen atoms in total. The highest BCUT2D eigenvalue weighted by molar-refractivity contribution is 5.78. The van der Waals surface area contributed by atoms with Gasteiger partial charge in [-0.1, -0.05) is 6.92 Å². The topological polar surface area (TPSA) is 81.1 Å². The fourth-order valence-electron chi connectivity index (χ4n) is 1.02. The number of hydrogen-bond donors (Lipinski definition) is 2. The molecule has 0 aliphatic rings. The molecule has 1 heterocycles. The van der Waals surface area contributed by atoms with Crippen molar-refractivity contribution in [3.05, 3.63) is 12.7 Å². The lowest BCUT2D eigenvalue weighted by atomic mass is 10.3. The Balaban J connectivity index is 2.25. The Hall–Kier alpha value is -1.59. The highest BCUT2D eigenvalue weighted by Gasteiger charge is 1.98. The average Bonchev–Trinajstić information content (AvgIpc) is 2.70. The van der Waals surface area contributed by atoms with E-state index in [0.29, 0.717) is 25.1 Å². The van der Waals surface area contributed by atoms with Crippen LogP contribution in [0.2, 0.25) is 0 Å². The zero-order valence-electron chi connectivity index (χ0n) is 9.22. The van der Waals surface area contributed by atoms with Crippen LogP contribution in [0.1, 0.15) is 20.3 Å². The van der Waals surface area contributed by atoms with Crippen LogP contribution < -0.4 is 11.1 Å². The van der Waals surface area contributed by atoms with Crippen LogP contribution in [0.3, 0.4) is 0 Å². The molecule has 0 amide bonds. The van der Waals surface area contributed by atoms with E-state index in [0.717, 1.165) is 6.42 Å². The van der Waals surface area contributed by atoms with Crippen LogP contribution in [0.4, 0.5) is 0 Å². The van der Waals surface area contributed by atoms with Gasteiger partial charge in [0.05, 0.1) is 13.1 Å². The molecule has 0 aliphatic heterocycles. The Morgan fingerprint density at radius 1 is 1.67 bits per heavy atom. The second-order valence-electron chi connectivity index (χ2n) is 3.38. The van der Waals surface area contributed by atoms with Crippen molar-refractivity contribution in [3.63, 3.8) is 0 Å². The minimum atomic E-state index is 0.361. The van der Waals surface area contributed by atoms with Gasteiger partial charge in [-0.25, -0.2) is 4.98 Å². The van der Waals surface area contributed by atoms with Gasteiger partial charge < -0.3 is 11.1 Å². The molecule has 1 atom stereocenters. The number of nitrogens with two attached hydrogens (primary N) is 1. The number of guanidine groups is 1. The number of aliphatic imine (C=N–C) groups is 1. The summed E-state index contributed by atoms with van der Waals surface area (Å²) in [5.74, 6) is 0.490. The summed E-state index contributed by atoms with van der Waals surface area (Å²) in [6.45, 7) is 5.47. The molecule has 84 valence electrons. The fourth-order valence-corrected chi connectivity index (χ4v) is 1.02. The summed E-state index contributed by atoms with van der Waals surface area (Å²) in [6.07, 6.45) is 4.19. The van der Waals surface area contributed by atoms with Crippen molar-refractivity contribution in [3.8, 4) is 0 Å². The van der Waals surface area contributed by atoms with Gasteiger partial charge in [0.1, 0.15) is 12.7 Å². The van der Waals surface area contributed by atoms with E-state index in [2.05, 4.69) is 34.2 Å². The summed E-state index contributed by atoms with van der Waals surface area (Å²) < 4.78 is 1.72. The van der Waals surface area contributed by atoms with Crippen molar-refractivity contribution in [1.82, 2.24) is 20.1 Å². The lowest BCUT2D eigenvalue weighted by Crippen LogP contribution is -2.38. The molecule has 1 aromatic rings. The molecule has 0 aromatic carbocycles. The second kappa shape index (κ2) is 6.00. The number of rotatable bonds is 5. The normalized spacial score (nSPS) is 13.9. The molecule has 0 aliphatic carbocycles. The van der Waals surface area contributed by atoms with Crippen molar-refractivity contribution in [1.29, 1.82) is 0 Å². The lowest BCUT2D eigenvalue weighted by Gasteiger charge is -2.11. The molecule has 0 saturated carbocycles. The maximum absolute atomic E-state index is 5.68. The van der Waals surface area contributed by atoms with Crippen LogP contribution >= 0.6 is 0 Å². The van der Waals surface area contributed by atoms with E-state index in [1.54, 1.807) is 11.0 Å². The van der Waals surface area contributed by atoms with Crippen molar-refractivity contribution >= 4 is 5.96 Å². The highest BCUT2D eigenvalue weighted by Crippen LogP contribution is 1.87. The van der Waals surface area contributed by atoms with Gasteiger partial charge in [0.25, 0.3) is 0 Å². The molecule has 1 aromatic heterocycles. The Kier molecular flexibility index (Phi) is 4.59. The van der Waals surface area contributed by atoms with Crippen LogP contribution in [0.25, 0.3) is 0 Å². The van der Waals surface area contributed by atoms with Gasteiger partial charge in [-0.3, -0.25) is 9.67 Å². The Morgan fingerprint density at radius 3 is 3.07 bits per heavy atom. The molecule has 1 unspecified atom stereocenters. The van der Waals surface area contributed by atoms with Gasteiger partial charge in [0.15, 0.2) is 5.96 Å². The van der Waals surface area contributed by atoms with Gasteiger partial charge in [-0.05, 0) is 13.3 Å². The summed E-state index contributed by atoms with van der Waals surface area (Å²) in [5.41, 5.74) is 5.68. The van der Waals surface area contributed by atoms with Crippen molar-refractivity contribution in [2.45, 2.75) is 32.9 Å². The number of nitrogens with one attached hydrogen (secondary N) is 1. The summed E-state index contributed by atoms with van der Waals surface area (Å²) in [7, 11) is 0. The average molecular weight is 210 g/mol. The predicted octanol–water partition coefficient (Wildman–Crippen LogP) is -0.0191. The van der Waals surface area contributed by atoms with Crippen molar-refractivity contribution in [2.75, 3.05) is 6.54 Å². The minimum absolute atomic E-state index is 0.361. The van der Waals surface area contributed by atoms with E-state index in [1.165, 1.54) is 6.33 Å². The summed E-state index contributed by atoms with van der Waals surface area (Å²) in [4.78, 5) is 8.02. The number of nitrogens with zero attached hydrogens (tertiary/aromatic N) is 4. The largest absolute Gasteiger partial charge is 0.370 e. The lowest BCUT2D eigenvalue weighted by molar-refractivity contribution is 0.612. The Morgan fingerprint density at radius 2 is 2.47 bits per heavy atom. The van der Waals surface area contributed by atoms with Crippen LogP contribution in [0, 0.1) is 0 Å². The summed E-state index contributed by atoms with van der Waals surface area (Å²) >= 11 is 0. The smallest absolute Gasteiger partial charge is 0.188 e. The van der Waals surface area contributed by atoms with Crippen LogP contribution in [-0.4, -0.2) is 33.3 Å². The third-order valence-electron chi connectivity index (χ3n) is 2.08. The van der Waals surface area contributed by atoms with E-state index < -0.39 is 0 Å². The second-order valence-corrected chi connectivity index (χ2v) is 3.38. The summed E-state index contributed by atoms with van der Waals surface area (Å²) in [5, 5.41) is 7.06. The molecular weight excluding hydrogens is 192 g/mol. The van der Waals surface area contributed by atoms with Crippen molar-refractivity contribution < 1.29 is 0 Å². The molecule has 3 N–H and O–H groups in total. The maximum atomic E-state index is 5.68. The molecule has 0 bridgehead atoms. The predicted molar refractivity (Wildman–Crippen MR) is 59.4 cm³/mol. The van der Waals surface area contributed by atoms with Crippen LogP contribution in [0.15, 0.2) is 17.6 Å². The van der Waals surface area contributed by atoms with Crippen molar-refractivity contribution in [2.24, 2.45) is 10.7 Å². The monoisotopic (exact) mass is 210 g/mol. The molecule has 6 heteroatoms.